The van der Waals surface area contributed by atoms with Crippen molar-refractivity contribution in [3.05, 3.63) is 70.8 Å². The van der Waals surface area contributed by atoms with Crippen molar-refractivity contribution in [2.75, 3.05) is 6.54 Å². The first-order valence-electron chi connectivity index (χ1n) is 9.75. The number of amides is 2. The van der Waals surface area contributed by atoms with E-state index in [0.29, 0.717) is 12.1 Å². The number of nitrogens with zero attached hydrogens (tertiary/aromatic N) is 1. The molecule has 0 spiro atoms. The summed E-state index contributed by atoms with van der Waals surface area (Å²) in [5.74, 6) is -2.45. The van der Waals surface area contributed by atoms with Crippen LogP contribution in [0.4, 0.5) is 0 Å². The Morgan fingerprint density at radius 1 is 1.07 bits per heavy atom. The lowest BCUT2D eigenvalue weighted by atomic mass is 9.89. The van der Waals surface area contributed by atoms with Gasteiger partial charge in [-0.1, -0.05) is 55.8 Å². The Kier molecular flexibility index (Phi) is 6.01. The molecule has 2 aromatic rings. The zero-order chi connectivity index (χ0) is 21.1. The Morgan fingerprint density at radius 3 is 2.34 bits per heavy atom. The summed E-state index contributed by atoms with van der Waals surface area (Å²) in [5.41, 5.74) is 3.10. The zero-order valence-corrected chi connectivity index (χ0v) is 16.9. The topological polar surface area (TPSA) is 86.7 Å². The molecule has 0 bridgehead atoms. The van der Waals surface area contributed by atoms with Crippen LogP contribution in [0.2, 0.25) is 0 Å². The minimum Gasteiger partial charge on any atom is -0.481 e. The number of rotatable bonds is 5. The van der Waals surface area contributed by atoms with Gasteiger partial charge in [-0.3, -0.25) is 14.4 Å². The van der Waals surface area contributed by atoms with Gasteiger partial charge in [0.25, 0.3) is 5.91 Å². The number of aliphatic carboxylic acids is 1. The van der Waals surface area contributed by atoms with Crippen molar-refractivity contribution < 1.29 is 19.5 Å². The minimum absolute atomic E-state index is 0.0921. The molecule has 2 aromatic carbocycles. The van der Waals surface area contributed by atoms with Crippen LogP contribution in [0.5, 0.6) is 0 Å². The van der Waals surface area contributed by atoms with E-state index < -0.39 is 17.9 Å². The molecular weight excluding hydrogens is 368 g/mol. The van der Waals surface area contributed by atoms with Gasteiger partial charge in [0.15, 0.2) is 0 Å². The number of nitrogens with one attached hydrogen (secondary N) is 1. The summed E-state index contributed by atoms with van der Waals surface area (Å²) in [6.45, 7) is 6.10. The van der Waals surface area contributed by atoms with Gasteiger partial charge < -0.3 is 15.3 Å². The second-order valence-electron chi connectivity index (χ2n) is 7.87. The molecule has 6 nitrogen and oxygen atoms in total. The fourth-order valence-electron chi connectivity index (χ4n) is 3.63. The standard InChI is InChI=1S/C23H26N2O4/c1-14(2)20(24-21(26)16-10-8-15(3)9-11-16)22(27)25-12-17-6-4-5-7-18(17)19(13-25)23(28)29/h4-11,14,19-20H,12-13H2,1-3H3,(H,24,26)(H,28,29). The normalized spacial score (nSPS) is 16.8. The second-order valence-corrected chi connectivity index (χ2v) is 7.87. The van der Waals surface area contributed by atoms with Crippen LogP contribution in [0.1, 0.15) is 46.8 Å². The molecule has 0 radical (unpaired) electrons. The van der Waals surface area contributed by atoms with Gasteiger partial charge in [-0.2, -0.15) is 0 Å². The van der Waals surface area contributed by atoms with E-state index in [1.807, 2.05) is 51.1 Å². The minimum atomic E-state index is -0.959. The van der Waals surface area contributed by atoms with Crippen LogP contribution in [0.3, 0.4) is 0 Å². The van der Waals surface area contributed by atoms with Crippen molar-refractivity contribution in [2.45, 2.75) is 39.3 Å². The summed E-state index contributed by atoms with van der Waals surface area (Å²) in [7, 11) is 0. The lowest BCUT2D eigenvalue weighted by Gasteiger charge is -2.36. The Balaban J connectivity index is 1.81. The van der Waals surface area contributed by atoms with E-state index in [-0.39, 0.29) is 24.3 Å². The summed E-state index contributed by atoms with van der Waals surface area (Å²) in [5, 5.41) is 12.5. The summed E-state index contributed by atoms with van der Waals surface area (Å²) in [4.78, 5) is 39.2. The quantitative estimate of drug-likeness (QED) is 0.816. The predicted molar refractivity (Wildman–Crippen MR) is 110 cm³/mol. The first kappa shape index (κ1) is 20.6. The molecule has 1 aliphatic rings. The molecule has 29 heavy (non-hydrogen) atoms. The number of hydrogen-bond acceptors (Lipinski definition) is 3. The summed E-state index contributed by atoms with van der Waals surface area (Å²) in [6, 6.07) is 13.7. The highest BCUT2D eigenvalue weighted by molar-refractivity contribution is 5.97. The molecule has 152 valence electrons. The molecule has 2 amide bonds. The summed E-state index contributed by atoms with van der Waals surface area (Å²) < 4.78 is 0. The smallest absolute Gasteiger partial charge is 0.312 e. The van der Waals surface area contributed by atoms with E-state index in [1.165, 1.54) is 0 Å². The van der Waals surface area contributed by atoms with Crippen molar-refractivity contribution >= 4 is 17.8 Å². The van der Waals surface area contributed by atoms with E-state index >= 15 is 0 Å². The number of fused-ring (bicyclic) bond motifs is 1. The lowest BCUT2D eigenvalue weighted by Crippen LogP contribution is -2.53. The van der Waals surface area contributed by atoms with E-state index in [1.54, 1.807) is 23.1 Å². The fraction of sp³-hybridized carbons (Fsp3) is 0.348. The number of carboxylic acids is 1. The Labute approximate surface area is 170 Å². The summed E-state index contributed by atoms with van der Waals surface area (Å²) >= 11 is 0. The molecule has 1 aliphatic heterocycles. The highest BCUT2D eigenvalue weighted by Gasteiger charge is 2.36. The highest BCUT2D eigenvalue weighted by atomic mass is 16.4. The average molecular weight is 394 g/mol. The van der Waals surface area contributed by atoms with Crippen LogP contribution < -0.4 is 5.32 Å². The van der Waals surface area contributed by atoms with Crippen molar-refractivity contribution in [1.82, 2.24) is 10.2 Å². The van der Waals surface area contributed by atoms with Gasteiger partial charge in [0, 0.05) is 18.7 Å². The second kappa shape index (κ2) is 8.47. The first-order chi connectivity index (χ1) is 13.8. The molecule has 0 saturated carbocycles. The van der Waals surface area contributed by atoms with Crippen LogP contribution in [0.25, 0.3) is 0 Å². The molecule has 2 N–H and O–H groups in total. The Bertz CT molecular complexity index is 921. The van der Waals surface area contributed by atoms with Crippen molar-refractivity contribution in [1.29, 1.82) is 0 Å². The van der Waals surface area contributed by atoms with Crippen LogP contribution in [0.15, 0.2) is 48.5 Å². The first-order valence-corrected chi connectivity index (χ1v) is 9.75. The maximum atomic E-state index is 13.3. The van der Waals surface area contributed by atoms with Gasteiger partial charge >= 0.3 is 5.97 Å². The molecule has 1 heterocycles. The van der Waals surface area contributed by atoms with Crippen LogP contribution in [-0.2, 0) is 16.1 Å². The highest BCUT2D eigenvalue weighted by Crippen LogP contribution is 2.29. The van der Waals surface area contributed by atoms with Gasteiger partial charge in [0.1, 0.15) is 6.04 Å². The van der Waals surface area contributed by atoms with Gasteiger partial charge in [0.05, 0.1) is 5.92 Å². The molecule has 3 rings (SSSR count). The van der Waals surface area contributed by atoms with Gasteiger partial charge in [-0.05, 0) is 36.1 Å². The fourth-order valence-corrected chi connectivity index (χ4v) is 3.63. The van der Waals surface area contributed by atoms with Crippen LogP contribution in [-0.4, -0.2) is 40.4 Å². The Morgan fingerprint density at radius 2 is 1.72 bits per heavy atom. The van der Waals surface area contributed by atoms with Crippen LogP contribution in [0, 0.1) is 12.8 Å². The number of hydrogen-bond donors (Lipinski definition) is 2. The van der Waals surface area contributed by atoms with Crippen molar-refractivity contribution in [3.63, 3.8) is 0 Å². The third-order valence-corrected chi connectivity index (χ3v) is 5.34. The monoisotopic (exact) mass is 394 g/mol. The molecule has 0 saturated heterocycles. The van der Waals surface area contributed by atoms with Gasteiger partial charge in [-0.25, -0.2) is 0 Å². The molecule has 2 atom stereocenters. The zero-order valence-electron chi connectivity index (χ0n) is 16.9. The van der Waals surface area contributed by atoms with E-state index in [4.69, 9.17) is 0 Å². The lowest BCUT2D eigenvalue weighted by molar-refractivity contribution is -0.142. The third-order valence-electron chi connectivity index (χ3n) is 5.34. The van der Waals surface area contributed by atoms with Crippen LogP contribution >= 0.6 is 0 Å². The van der Waals surface area contributed by atoms with Gasteiger partial charge in [0.2, 0.25) is 5.91 Å². The molecule has 0 aromatic heterocycles. The van der Waals surface area contributed by atoms with E-state index in [0.717, 1.165) is 16.7 Å². The molecular formula is C23H26N2O4. The average Bonchev–Trinajstić information content (AvgIpc) is 2.70. The maximum absolute atomic E-state index is 13.3. The molecule has 2 unspecified atom stereocenters. The van der Waals surface area contributed by atoms with Crippen molar-refractivity contribution in [3.8, 4) is 0 Å². The third kappa shape index (κ3) is 4.47. The number of carbonyl (C=O) groups is 3. The number of aryl methyl sites for hydroxylation is 1. The summed E-state index contributed by atoms with van der Waals surface area (Å²) in [6.07, 6.45) is 0. The number of carbonyl (C=O) groups excluding carboxylic acids is 2. The molecule has 0 aliphatic carbocycles. The molecule has 6 heteroatoms. The van der Waals surface area contributed by atoms with E-state index in [2.05, 4.69) is 5.32 Å². The SMILES string of the molecule is Cc1ccc(C(=O)NC(C(=O)N2Cc3ccccc3C(C(=O)O)C2)C(C)C)cc1. The predicted octanol–water partition coefficient (Wildman–Crippen LogP) is 2.96. The number of carboxylic acid groups (broad SMARTS) is 1. The van der Waals surface area contributed by atoms with E-state index in [9.17, 15) is 19.5 Å². The van der Waals surface area contributed by atoms with Crippen molar-refractivity contribution in [2.24, 2.45) is 5.92 Å². The number of benzene rings is 2. The largest absolute Gasteiger partial charge is 0.481 e. The van der Waals surface area contributed by atoms with Gasteiger partial charge in [-0.15, -0.1) is 0 Å². The molecule has 0 fully saturated rings. The Hall–Kier alpha value is -3.15. The maximum Gasteiger partial charge on any atom is 0.312 e.